The number of ether oxygens (including phenoxy) is 1. The van der Waals surface area contributed by atoms with Crippen LogP contribution in [-0.4, -0.2) is 59.0 Å². The first kappa shape index (κ1) is 18.8. The molecule has 1 aromatic rings. The molecule has 4 bridgehead atoms. The van der Waals surface area contributed by atoms with Gasteiger partial charge in [0.1, 0.15) is 11.5 Å². The summed E-state index contributed by atoms with van der Waals surface area (Å²) in [5, 5.41) is 9.37. The maximum absolute atomic E-state index is 12.7. The van der Waals surface area contributed by atoms with Gasteiger partial charge < -0.3 is 25.6 Å². The number of rotatable bonds is 4. The fraction of sp³-hybridized carbons (Fsp3) is 0.800. The Morgan fingerprint density at radius 1 is 1.10 bits per heavy atom. The molecule has 3 N–H and O–H groups in total. The van der Waals surface area contributed by atoms with Crippen molar-refractivity contribution in [1.82, 2.24) is 25.6 Å². The number of urea groups is 1. The molecule has 5 aliphatic rings. The first-order chi connectivity index (χ1) is 14.0. The second-order valence-electron chi connectivity index (χ2n) is 9.20. The molecule has 2 unspecified atom stereocenters. The van der Waals surface area contributed by atoms with E-state index in [4.69, 9.17) is 4.74 Å². The van der Waals surface area contributed by atoms with Crippen molar-refractivity contribution in [2.24, 2.45) is 11.8 Å². The first-order valence-electron chi connectivity index (χ1n) is 10.9. The Hall–Kier alpha value is -2.16. The predicted molar refractivity (Wildman–Crippen MR) is 109 cm³/mol. The number of anilines is 2. The van der Waals surface area contributed by atoms with Gasteiger partial charge in [-0.2, -0.15) is 15.0 Å². The lowest BCUT2D eigenvalue weighted by Gasteiger charge is -2.56. The average molecular weight is 402 g/mol. The number of hydrogen-bond acceptors (Lipinski definition) is 7. The Morgan fingerprint density at radius 2 is 1.83 bits per heavy atom. The van der Waals surface area contributed by atoms with Crippen LogP contribution in [0.25, 0.3) is 0 Å². The molecule has 2 amide bonds. The van der Waals surface area contributed by atoms with Gasteiger partial charge in [-0.1, -0.05) is 0 Å². The molecule has 9 heteroatoms. The lowest BCUT2D eigenvalue weighted by atomic mass is 9.65. The summed E-state index contributed by atoms with van der Waals surface area (Å²) in [6.45, 7) is 3.49. The van der Waals surface area contributed by atoms with Gasteiger partial charge in [0, 0.05) is 26.2 Å². The van der Waals surface area contributed by atoms with Crippen LogP contribution in [0.4, 0.5) is 16.7 Å². The largest absolute Gasteiger partial charge is 0.357 e. The van der Waals surface area contributed by atoms with Crippen LogP contribution in [0.5, 0.6) is 0 Å². The van der Waals surface area contributed by atoms with Crippen molar-refractivity contribution in [2.75, 3.05) is 30.4 Å². The zero-order valence-electron chi connectivity index (χ0n) is 17.3. The summed E-state index contributed by atoms with van der Waals surface area (Å²) in [5.41, 5.74) is -0.425. The Morgan fingerprint density at radius 3 is 2.48 bits per heavy atom. The van der Waals surface area contributed by atoms with Crippen LogP contribution in [0.2, 0.25) is 0 Å². The number of carbonyl (C=O) groups is 1. The molecule has 6 rings (SSSR count). The summed E-state index contributed by atoms with van der Waals surface area (Å²) < 4.78 is 6.27. The molecule has 0 spiro atoms. The quantitative estimate of drug-likeness (QED) is 0.707. The molecule has 4 heterocycles. The number of nitrogens with zero attached hydrogens (tertiary/aromatic N) is 4. The predicted octanol–water partition coefficient (Wildman–Crippen LogP) is 1.79. The van der Waals surface area contributed by atoms with E-state index >= 15 is 0 Å². The van der Waals surface area contributed by atoms with Gasteiger partial charge in [0.05, 0.1) is 6.10 Å². The van der Waals surface area contributed by atoms with E-state index in [0.29, 0.717) is 23.8 Å². The molecule has 5 fully saturated rings. The monoisotopic (exact) mass is 401 g/mol. The molecule has 9 nitrogen and oxygen atoms in total. The van der Waals surface area contributed by atoms with Crippen molar-refractivity contribution in [3.63, 3.8) is 0 Å². The zero-order chi connectivity index (χ0) is 20.0. The van der Waals surface area contributed by atoms with Crippen LogP contribution < -0.4 is 20.9 Å². The van der Waals surface area contributed by atoms with Crippen molar-refractivity contribution in [3.8, 4) is 0 Å². The van der Waals surface area contributed by atoms with Crippen molar-refractivity contribution in [2.45, 2.75) is 69.7 Å². The number of piperidine rings is 1. The number of nitrogens with one attached hydrogen (secondary N) is 3. The maximum Gasteiger partial charge on any atom is 0.317 e. The van der Waals surface area contributed by atoms with Gasteiger partial charge in [0.2, 0.25) is 11.9 Å². The molecule has 0 radical (unpaired) electrons. The molecule has 3 aliphatic heterocycles. The number of aromatic nitrogens is 3. The van der Waals surface area contributed by atoms with Crippen LogP contribution >= 0.6 is 0 Å². The van der Waals surface area contributed by atoms with E-state index in [2.05, 4.69) is 35.8 Å². The third-order valence-electron chi connectivity index (χ3n) is 6.90. The van der Waals surface area contributed by atoms with Gasteiger partial charge in [-0.3, -0.25) is 0 Å². The van der Waals surface area contributed by atoms with Crippen LogP contribution in [0.1, 0.15) is 50.8 Å². The fourth-order valence-corrected chi connectivity index (χ4v) is 5.87. The van der Waals surface area contributed by atoms with Gasteiger partial charge >= 0.3 is 6.03 Å². The van der Waals surface area contributed by atoms with Crippen LogP contribution in [0.3, 0.4) is 0 Å². The smallest absolute Gasteiger partial charge is 0.317 e. The van der Waals surface area contributed by atoms with Crippen molar-refractivity contribution in [1.29, 1.82) is 0 Å². The minimum Gasteiger partial charge on any atom is -0.357 e. The van der Waals surface area contributed by atoms with E-state index in [9.17, 15) is 4.79 Å². The summed E-state index contributed by atoms with van der Waals surface area (Å²) in [5.74, 6) is 3.43. The summed E-state index contributed by atoms with van der Waals surface area (Å²) in [6.07, 6.45) is 7.68. The van der Waals surface area contributed by atoms with Crippen molar-refractivity contribution in [3.05, 3.63) is 5.82 Å². The van der Waals surface area contributed by atoms with E-state index in [1.807, 2.05) is 6.92 Å². The minimum absolute atomic E-state index is 0.0844. The third kappa shape index (κ3) is 3.84. The number of carbonyl (C=O) groups excluding carboxylic acids is 1. The molecular formula is C20H31N7O2. The van der Waals surface area contributed by atoms with Gasteiger partial charge in [0.25, 0.3) is 0 Å². The van der Waals surface area contributed by atoms with E-state index in [0.717, 1.165) is 50.6 Å². The Balaban J connectivity index is 1.14. The molecule has 29 heavy (non-hydrogen) atoms. The Kier molecular flexibility index (Phi) is 4.72. The van der Waals surface area contributed by atoms with Crippen molar-refractivity contribution < 1.29 is 9.53 Å². The van der Waals surface area contributed by atoms with Gasteiger partial charge in [-0.15, -0.1) is 0 Å². The molecular weight excluding hydrogens is 370 g/mol. The lowest BCUT2D eigenvalue weighted by Crippen LogP contribution is -2.65. The highest BCUT2D eigenvalue weighted by Gasteiger charge is 2.52. The topological polar surface area (TPSA) is 104 Å². The SMILES string of the molecule is CNc1nc(C)nc(N2CCC(NC(=O)NC34CC5CC(CC(C5)O3)C4)CC2)n1. The van der Waals surface area contributed by atoms with E-state index in [-0.39, 0.29) is 12.1 Å². The summed E-state index contributed by atoms with van der Waals surface area (Å²) in [4.78, 5) is 28.1. The zero-order valence-corrected chi connectivity index (χ0v) is 17.3. The molecule has 158 valence electrons. The summed E-state index contributed by atoms with van der Waals surface area (Å²) in [6, 6.07) is 0.0748. The summed E-state index contributed by atoms with van der Waals surface area (Å²) >= 11 is 0. The molecule has 2 atom stereocenters. The lowest BCUT2D eigenvalue weighted by molar-refractivity contribution is -0.228. The molecule has 2 aliphatic carbocycles. The number of aryl methyl sites for hydroxylation is 1. The molecule has 3 saturated heterocycles. The van der Waals surface area contributed by atoms with Crippen LogP contribution in [-0.2, 0) is 4.74 Å². The molecule has 1 aromatic heterocycles. The Bertz CT molecular complexity index is 743. The Labute approximate surface area is 171 Å². The van der Waals surface area contributed by atoms with E-state index in [1.165, 1.54) is 19.3 Å². The highest BCUT2D eigenvalue weighted by molar-refractivity contribution is 5.75. The normalized spacial score (nSPS) is 33.6. The minimum atomic E-state index is -0.425. The second-order valence-corrected chi connectivity index (χ2v) is 9.20. The van der Waals surface area contributed by atoms with Crippen LogP contribution in [0.15, 0.2) is 0 Å². The average Bonchev–Trinajstić information content (AvgIpc) is 2.66. The van der Waals surface area contributed by atoms with Crippen LogP contribution in [0, 0.1) is 18.8 Å². The molecule has 0 aromatic carbocycles. The van der Waals surface area contributed by atoms with Gasteiger partial charge in [0.15, 0.2) is 0 Å². The van der Waals surface area contributed by atoms with E-state index < -0.39 is 5.72 Å². The fourth-order valence-electron chi connectivity index (χ4n) is 5.87. The van der Waals surface area contributed by atoms with Gasteiger partial charge in [-0.25, -0.2) is 4.79 Å². The van der Waals surface area contributed by atoms with Crippen molar-refractivity contribution >= 4 is 17.9 Å². The highest BCUT2D eigenvalue weighted by atomic mass is 16.5. The second kappa shape index (κ2) is 7.27. The highest BCUT2D eigenvalue weighted by Crippen LogP contribution is 2.51. The first-order valence-corrected chi connectivity index (χ1v) is 10.9. The standard InChI is InChI=1S/C20H31N7O2/c1-12-22-17(21-2)25-18(23-12)27-5-3-15(4-6-27)24-19(28)26-20-10-13-7-14(11-20)9-16(8-13)29-20/h13-16H,3-11H2,1-2H3,(H2,24,26,28)(H,21,22,23,25). The van der Waals surface area contributed by atoms with E-state index in [1.54, 1.807) is 7.05 Å². The molecule has 2 saturated carbocycles. The summed E-state index contributed by atoms with van der Waals surface area (Å²) in [7, 11) is 1.81. The third-order valence-corrected chi connectivity index (χ3v) is 6.90. The maximum atomic E-state index is 12.7. The number of amides is 2. The number of hydrogen-bond donors (Lipinski definition) is 3. The van der Waals surface area contributed by atoms with Gasteiger partial charge in [-0.05, 0) is 63.7 Å².